The van der Waals surface area contributed by atoms with Crippen molar-refractivity contribution in [3.8, 4) is 0 Å². The van der Waals surface area contributed by atoms with Crippen molar-refractivity contribution in [2.24, 2.45) is 11.7 Å². The highest BCUT2D eigenvalue weighted by molar-refractivity contribution is 5.85. The molecular weight excluding hydrogens is 228 g/mol. The van der Waals surface area contributed by atoms with Crippen LogP contribution in [0.3, 0.4) is 0 Å². The lowest BCUT2D eigenvalue weighted by Gasteiger charge is -2.34. The molecule has 0 aromatic heterocycles. The lowest BCUT2D eigenvalue weighted by Crippen LogP contribution is -2.55. The van der Waals surface area contributed by atoms with E-state index in [1.165, 1.54) is 0 Å². The summed E-state index contributed by atoms with van der Waals surface area (Å²) in [5.41, 5.74) is 5.29. The molecule has 0 radical (unpaired) electrons. The molecule has 18 heavy (non-hydrogen) atoms. The number of hydrogen-bond donors (Lipinski definition) is 2. The van der Waals surface area contributed by atoms with Crippen LogP contribution in [0, 0.1) is 5.92 Å². The predicted molar refractivity (Wildman–Crippen MR) is 73.2 cm³/mol. The Kier molecular flexibility index (Phi) is 5.60. The van der Waals surface area contributed by atoms with E-state index in [2.05, 4.69) is 19.2 Å². The van der Waals surface area contributed by atoms with Gasteiger partial charge in [0.1, 0.15) is 0 Å². The van der Waals surface area contributed by atoms with E-state index < -0.39 is 5.54 Å². The third-order valence-corrected chi connectivity index (χ3v) is 3.68. The normalized spacial score (nSPS) is 27.9. The number of ether oxygens (including phenoxy) is 1. The second-order valence-electron chi connectivity index (χ2n) is 6.02. The van der Waals surface area contributed by atoms with E-state index in [9.17, 15) is 4.79 Å². The van der Waals surface area contributed by atoms with Crippen LogP contribution in [0.2, 0.25) is 0 Å². The zero-order chi connectivity index (χ0) is 13.8. The summed E-state index contributed by atoms with van der Waals surface area (Å²) >= 11 is 0. The maximum Gasteiger partial charge on any atom is 0.240 e. The standard InChI is InChI=1S/C14H28N2O2/c1-5-7-14(4,15)13(17)16-11-6-8-18-12(9-11)10(2)3/h10-12H,5-9,15H2,1-4H3,(H,16,17). The SMILES string of the molecule is CCCC(C)(N)C(=O)NC1CCOC(C(C)C)C1. The largest absolute Gasteiger partial charge is 0.378 e. The quantitative estimate of drug-likeness (QED) is 0.788. The lowest BCUT2D eigenvalue weighted by atomic mass is 9.92. The van der Waals surface area contributed by atoms with Crippen molar-refractivity contribution in [1.82, 2.24) is 5.32 Å². The monoisotopic (exact) mass is 256 g/mol. The summed E-state index contributed by atoms with van der Waals surface area (Å²) in [6.45, 7) is 8.88. The maximum atomic E-state index is 12.1. The second-order valence-corrected chi connectivity index (χ2v) is 6.02. The Hall–Kier alpha value is -0.610. The van der Waals surface area contributed by atoms with Crippen LogP contribution in [0.15, 0.2) is 0 Å². The van der Waals surface area contributed by atoms with Crippen molar-refractivity contribution < 1.29 is 9.53 Å². The van der Waals surface area contributed by atoms with Crippen LogP contribution < -0.4 is 11.1 Å². The first kappa shape index (κ1) is 15.4. The average molecular weight is 256 g/mol. The topological polar surface area (TPSA) is 64.4 Å². The molecule has 3 N–H and O–H groups in total. The minimum absolute atomic E-state index is 0.0289. The van der Waals surface area contributed by atoms with Gasteiger partial charge in [0.15, 0.2) is 0 Å². The summed E-state index contributed by atoms with van der Waals surface area (Å²) in [5, 5.41) is 3.08. The number of rotatable bonds is 5. The average Bonchev–Trinajstić information content (AvgIpc) is 2.29. The van der Waals surface area contributed by atoms with Gasteiger partial charge in [0.05, 0.1) is 11.6 Å². The van der Waals surface area contributed by atoms with Crippen LogP contribution in [-0.4, -0.2) is 30.2 Å². The van der Waals surface area contributed by atoms with E-state index in [-0.39, 0.29) is 18.1 Å². The van der Waals surface area contributed by atoms with Gasteiger partial charge >= 0.3 is 0 Å². The summed E-state index contributed by atoms with van der Waals surface area (Å²) in [6, 6.07) is 0.207. The number of hydrogen-bond acceptors (Lipinski definition) is 3. The van der Waals surface area contributed by atoms with Crippen molar-refractivity contribution in [1.29, 1.82) is 0 Å². The van der Waals surface area contributed by atoms with Crippen LogP contribution in [0.4, 0.5) is 0 Å². The summed E-state index contributed by atoms with van der Waals surface area (Å²) in [6.07, 6.45) is 3.67. The number of carbonyl (C=O) groups excluding carboxylic acids is 1. The molecule has 0 bridgehead atoms. The van der Waals surface area contributed by atoms with Crippen molar-refractivity contribution in [2.45, 2.75) is 71.1 Å². The van der Waals surface area contributed by atoms with E-state index in [1.807, 2.05) is 13.8 Å². The molecule has 4 heteroatoms. The first-order valence-electron chi connectivity index (χ1n) is 7.08. The van der Waals surface area contributed by atoms with Gasteiger partial charge in [-0.25, -0.2) is 0 Å². The molecule has 1 rings (SSSR count). The van der Waals surface area contributed by atoms with E-state index in [4.69, 9.17) is 10.5 Å². The maximum absolute atomic E-state index is 12.1. The van der Waals surface area contributed by atoms with Crippen LogP contribution in [0.25, 0.3) is 0 Å². The van der Waals surface area contributed by atoms with Gasteiger partial charge in [-0.3, -0.25) is 4.79 Å². The first-order valence-corrected chi connectivity index (χ1v) is 7.08. The Morgan fingerprint density at radius 3 is 2.78 bits per heavy atom. The van der Waals surface area contributed by atoms with E-state index in [0.717, 1.165) is 32.3 Å². The summed E-state index contributed by atoms with van der Waals surface area (Å²) in [5.74, 6) is 0.461. The van der Waals surface area contributed by atoms with Crippen molar-refractivity contribution in [3.63, 3.8) is 0 Å². The molecule has 3 unspecified atom stereocenters. The Labute approximate surface area is 111 Å². The molecule has 0 aliphatic carbocycles. The summed E-state index contributed by atoms with van der Waals surface area (Å²) < 4.78 is 5.70. The van der Waals surface area contributed by atoms with E-state index >= 15 is 0 Å². The fourth-order valence-corrected chi connectivity index (χ4v) is 2.41. The highest BCUT2D eigenvalue weighted by Crippen LogP contribution is 2.21. The van der Waals surface area contributed by atoms with Gasteiger partial charge in [-0.15, -0.1) is 0 Å². The van der Waals surface area contributed by atoms with Crippen LogP contribution in [-0.2, 0) is 9.53 Å². The predicted octanol–water partition coefficient (Wildman–Crippen LogP) is 1.82. The molecule has 1 amide bonds. The minimum atomic E-state index is -0.750. The van der Waals surface area contributed by atoms with Crippen LogP contribution >= 0.6 is 0 Å². The van der Waals surface area contributed by atoms with Gasteiger partial charge in [0, 0.05) is 12.6 Å². The summed E-state index contributed by atoms with van der Waals surface area (Å²) in [7, 11) is 0. The van der Waals surface area contributed by atoms with Crippen molar-refractivity contribution in [3.05, 3.63) is 0 Å². The zero-order valence-electron chi connectivity index (χ0n) is 12.2. The molecule has 0 spiro atoms. The number of nitrogens with one attached hydrogen (secondary N) is 1. The molecule has 1 aliphatic heterocycles. The molecule has 0 aromatic carbocycles. The smallest absolute Gasteiger partial charge is 0.240 e. The molecule has 106 valence electrons. The van der Waals surface area contributed by atoms with Gasteiger partial charge in [0.2, 0.25) is 5.91 Å². The fourth-order valence-electron chi connectivity index (χ4n) is 2.41. The molecular formula is C14H28N2O2. The van der Waals surface area contributed by atoms with Crippen molar-refractivity contribution in [2.75, 3.05) is 6.61 Å². The third kappa shape index (κ3) is 4.25. The Morgan fingerprint density at radius 1 is 1.56 bits per heavy atom. The van der Waals surface area contributed by atoms with E-state index in [1.54, 1.807) is 0 Å². The highest BCUT2D eigenvalue weighted by Gasteiger charge is 2.31. The first-order chi connectivity index (χ1) is 8.36. The Morgan fingerprint density at radius 2 is 2.22 bits per heavy atom. The lowest BCUT2D eigenvalue weighted by molar-refractivity contribution is -0.128. The minimum Gasteiger partial charge on any atom is -0.378 e. The molecule has 0 saturated carbocycles. The van der Waals surface area contributed by atoms with Gasteiger partial charge in [0.25, 0.3) is 0 Å². The molecule has 4 nitrogen and oxygen atoms in total. The molecule has 3 atom stereocenters. The van der Waals surface area contributed by atoms with Gasteiger partial charge in [-0.2, -0.15) is 0 Å². The molecule has 1 aliphatic rings. The van der Waals surface area contributed by atoms with E-state index in [0.29, 0.717) is 5.92 Å². The van der Waals surface area contributed by atoms with Crippen LogP contribution in [0.1, 0.15) is 53.4 Å². The number of nitrogens with two attached hydrogens (primary N) is 1. The van der Waals surface area contributed by atoms with Crippen LogP contribution in [0.5, 0.6) is 0 Å². The number of carbonyl (C=O) groups is 1. The molecule has 1 fully saturated rings. The highest BCUT2D eigenvalue weighted by atomic mass is 16.5. The Balaban J connectivity index is 2.49. The second kappa shape index (κ2) is 6.53. The molecule has 1 heterocycles. The van der Waals surface area contributed by atoms with Gasteiger partial charge in [-0.05, 0) is 32.1 Å². The fraction of sp³-hybridized carbons (Fsp3) is 0.929. The zero-order valence-corrected chi connectivity index (χ0v) is 12.2. The van der Waals surface area contributed by atoms with Crippen molar-refractivity contribution >= 4 is 5.91 Å². The molecule has 0 aromatic rings. The van der Waals surface area contributed by atoms with Gasteiger partial charge < -0.3 is 15.8 Å². The third-order valence-electron chi connectivity index (χ3n) is 3.68. The van der Waals surface area contributed by atoms with Gasteiger partial charge in [-0.1, -0.05) is 27.2 Å². The number of amides is 1. The molecule has 1 saturated heterocycles. The summed E-state index contributed by atoms with van der Waals surface area (Å²) in [4.78, 5) is 12.1. The Bertz CT molecular complexity index is 277.